The molecule has 5 rings (SSSR count). The number of aromatic nitrogens is 3. The molecule has 212 valence electrons. The zero-order valence-corrected chi connectivity index (χ0v) is 22.4. The third kappa shape index (κ3) is 6.36. The molecule has 1 saturated carbocycles. The van der Waals surface area contributed by atoms with Crippen LogP contribution in [0.2, 0.25) is 0 Å². The van der Waals surface area contributed by atoms with Crippen molar-refractivity contribution in [1.29, 1.82) is 0 Å². The van der Waals surface area contributed by atoms with E-state index in [1.54, 1.807) is 6.20 Å². The number of carbonyl (C=O) groups is 1. The summed E-state index contributed by atoms with van der Waals surface area (Å²) in [6.45, 7) is 1.05. The molecular formula is C24H29N8O7P. The number of ether oxygens (including phenoxy) is 1. The second kappa shape index (κ2) is 11.4. The molecule has 5 atom stereocenters. The topological polar surface area (TPSA) is 216 Å². The van der Waals surface area contributed by atoms with Gasteiger partial charge in [0.2, 0.25) is 5.91 Å². The van der Waals surface area contributed by atoms with Gasteiger partial charge in [0.15, 0.2) is 0 Å². The van der Waals surface area contributed by atoms with E-state index in [0.717, 1.165) is 33.9 Å². The van der Waals surface area contributed by atoms with E-state index in [9.17, 15) is 23.8 Å². The fraction of sp³-hybridized carbons (Fsp3) is 0.458. The number of fused-ring (bicyclic) bond motifs is 1. The van der Waals surface area contributed by atoms with Crippen LogP contribution in [-0.4, -0.2) is 56.2 Å². The van der Waals surface area contributed by atoms with Gasteiger partial charge in [-0.25, -0.2) is 14.4 Å². The van der Waals surface area contributed by atoms with Crippen molar-refractivity contribution < 1.29 is 23.5 Å². The Balaban J connectivity index is 1.29. The lowest BCUT2D eigenvalue weighted by Crippen LogP contribution is -2.45. The van der Waals surface area contributed by atoms with Crippen LogP contribution in [0.4, 0.5) is 0 Å². The zero-order valence-electron chi connectivity index (χ0n) is 21.5. The molecule has 0 radical (unpaired) electrons. The number of hydrogen-bond donors (Lipinski definition) is 5. The van der Waals surface area contributed by atoms with Crippen LogP contribution < -0.4 is 21.7 Å². The van der Waals surface area contributed by atoms with E-state index in [1.165, 1.54) is 13.1 Å². The van der Waals surface area contributed by atoms with Gasteiger partial charge >= 0.3 is 13.4 Å². The summed E-state index contributed by atoms with van der Waals surface area (Å²) in [7, 11) is -4.57. The largest absolute Gasteiger partial charge is 0.403 e. The lowest BCUT2D eigenvalue weighted by Gasteiger charge is -2.23. The maximum Gasteiger partial charge on any atom is 0.403 e. The molecule has 0 spiro atoms. The van der Waals surface area contributed by atoms with Crippen LogP contribution >= 0.6 is 7.75 Å². The summed E-state index contributed by atoms with van der Waals surface area (Å²) in [6.07, 6.45) is 3.08. The standard InChI is InChI=1S/C24H29N8O7P/c1-13-11-32(24(35)28-22(13)33)21-9-18(29-31-25)20(39-21)12-38-40(36,37)30-19(23(34)27-15-6-7-15)8-14-10-26-17-5-3-2-4-16(14)17/h2-5,10-11,15,18-21,26H,6-9,12H2,1H3,(H,27,34)(H,28,33,35)(H2,30,36,37)/t18-,19+,20-,21?/m1/s1. The first-order chi connectivity index (χ1) is 19.1. The summed E-state index contributed by atoms with van der Waals surface area (Å²) in [6, 6.07) is 5.66. The van der Waals surface area contributed by atoms with Gasteiger partial charge in [0.05, 0.1) is 18.8 Å². The number of aryl methyl sites for hydroxylation is 1. The molecule has 16 heteroatoms. The molecule has 3 heterocycles. The molecular weight excluding hydrogens is 543 g/mol. The predicted molar refractivity (Wildman–Crippen MR) is 143 cm³/mol. The molecule has 40 heavy (non-hydrogen) atoms. The highest BCUT2D eigenvalue weighted by atomic mass is 31.2. The number of H-pyrrole nitrogens is 2. The van der Waals surface area contributed by atoms with Crippen LogP contribution in [0.15, 0.2) is 51.4 Å². The number of nitrogens with one attached hydrogen (secondary N) is 4. The first-order valence-electron chi connectivity index (χ1n) is 12.8. The Morgan fingerprint density at radius 3 is 2.90 bits per heavy atom. The van der Waals surface area contributed by atoms with Crippen LogP contribution in [0.3, 0.4) is 0 Å². The lowest BCUT2D eigenvalue weighted by atomic mass is 10.1. The van der Waals surface area contributed by atoms with Crippen molar-refractivity contribution in [1.82, 2.24) is 24.9 Å². The first kappa shape index (κ1) is 27.8. The van der Waals surface area contributed by atoms with Gasteiger partial charge in [-0.05, 0) is 43.3 Å². The molecule has 1 amide bonds. The fourth-order valence-corrected chi connectivity index (χ4v) is 5.71. The number of azide groups is 1. The summed E-state index contributed by atoms with van der Waals surface area (Å²) in [5.41, 5.74) is 9.69. The summed E-state index contributed by atoms with van der Waals surface area (Å²) in [5.74, 6) is -0.428. The molecule has 1 saturated heterocycles. The first-order valence-corrected chi connectivity index (χ1v) is 14.3. The van der Waals surface area contributed by atoms with E-state index in [2.05, 4.69) is 30.4 Å². The molecule has 1 aromatic carbocycles. The van der Waals surface area contributed by atoms with Crippen molar-refractivity contribution in [2.45, 2.75) is 63.1 Å². The normalized spacial score (nSPS) is 22.9. The van der Waals surface area contributed by atoms with E-state index in [0.29, 0.717) is 0 Å². The van der Waals surface area contributed by atoms with E-state index in [1.807, 2.05) is 24.3 Å². The van der Waals surface area contributed by atoms with E-state index >= 15 is 0 Å². The predicted octanol–water partition coefficient (Wildman–Crippen LogP) is 1.89. The van der Waals surface area contributed by atoms with E-state index < -0.39 is 55.9 Å². The SMILES string of the molecule is Cc1cn(C2C[C@@H](N=[N+]=[N-])[C@@H](COP(=O)(O)N[C@@H](Cc3c[nH]c4ccccc34)C(=O)NC3CC3)O2)c(=O)[nH]c1=O. The van der Waals surface area contributed by atoms with Crippen LogP contribution in [0.25, 0.3) is 21.3 Å². The number of carbonyl (C=O) groups excluding carboxylic acids is 1. The van der Waals surface area contributed by atoms with Gasteiger partial charge in [-0.1, -0.05) is 23.3 Å². The number of hydrogen-bond acceptors (Lipinski definition) is 7. The fourth-order valence-electron chi connectivity index (χ4n) is 4.68. The highest BCUT2D eigenvalue weighted by Gasteiger charge is 2.39. The molecule has 2 aromatic heterocycles. The molecule has 1 aliphatic carbocycles. The van der Waals surface area contributed by atoms with Gasteiger partial charge in [0.25, 0.3) is 5.56 Å². The average Bonchev–Trinajstić information content (AvgIpc) is 3.50. The van der Waals surface area contributed by atoms with Crippen molar-refractivity contribution >= 4 is 24.6 Å². The van der Waals surface area contributed by atoms with Gasteiger partial charge in [-0.3, -0.25) is 23.7 Å². The molecule has 1 aliphatic heterocycles. The van der Waals surface area contributed by atoms with Gasteiger partial charge in [-0.15, -0.1) is 0 Å². The number of amides is 1. The van der Waals surface area contributed by atoms with Crippen molar-refractivity contribution in [2.24, 2.45) is 5.11 Å². The van der Waals surface area contributed by atoms with E-state index in [-0.39, 0.29) is 24.4 Å². The maximum absolute atomic E-state index is 13.1. The minimum atomic E-state index is -4.57. The van der Waals surface area contributed by atoms with Crippen LogP contribution in [0.1, 0.15) is 36.6 Å². The Bertz CT molecular complexity index is 1620. The highest BCUT2D eigenvalue weighted by molar-refractivity contribution is 7.50. The van der Waals surface area contributed by atoms with Crippen LogP contribution in [0.5, 0.6) is 0 Å². The van der Waals surface area contributed by atoms with Gasteiger partial charge < -0.3 is 19.9 Å². The second-order valence-electron chi connectivity index (χ2n) is 9.96. The smallest absolute Gasteiger partial charge is 0.361 e. The Hall–Kier alpha value is -3.71. The Morgan fingerprint density at radius 2 is 2.15 bits per heavy atom. The summed E-state index contributed by atoms with van der Waals surface area (Å²) >= 11 is 0. The molecule has 2 aliphatic rings. The quantitative estimate of drug-likeness (QED) is 0.0987. The van der Waals surface area contributed by atoms with Crippen LogP contribution in [-0.2, 0) is 25.0 Å². The second-order valence-corrected chi connectivity index (χ2v) is 11.5. The highest BCUT2D eigenvalue weighted by Crippen LogP contribution is 2.40. The van der Waals surface area contributed by atoms with Crippen molar-refractivity contribution in [3.8, 4) is 0 Å². The van der Waals surface area contributed by atoms with E-state index in [4.69, 9.17) is 14.8 Å². The lowest BCUT2D eigenvalue weighted by molar-refractivity contribution is -0.123. The van der Waals surface area contributed by atoms with Crippen molar-refractivity contribution in [3.63, 3.8) is 0 Å². The molecule has 15 nitrogen and oxygen atoms in total. The molecule has 3 aromatic rings. The Kier molecular flexibility index (Phi) is 7.95. The van der Waals surface area contributed by atoms with Crippen molar-refractivity contribution in [2.75, 3.05) is 6.61 Å². The molecule has 2 fully saturated rings. The van der Waals surface area contributed by atoms with Gasteiger partial charge in [-0.2, -0.15) is 0 Å². The number of nitrogens with zero attached hydrogens (tertiary/aromatic N) is 4. The molecule has 5 N–H and O–H groups in total. The number of benzene rings is 1. The molecule has 2 unspecified atom stereocenters. The van der Waals surface area contributed by atoms with Gasteiger partial charge in [0, 0.05) is 46.2 Å². The number of aromatic amines is 2. The summed E-state index contributed by atoms with van der Waals surface area (Å²) in [4.78, 5) is 55.8. The maximum atomic E-state index is 13.1. The van der Waals surface area contributed by atoms with Crippen molar-refractivity contribution in [3.05, 3.63) is 79.1 Å². The summed E-state index contributed by atoms with van der Waals surface area (Å²) in [5, 5.41) is 9.91. The molecule has 0 bridgehead atoms. The third-order valence-corrected chi connectivity index (χ3v) is 8.07. The minimum absolute atomic E-state index is 0.0344. The zero-order chi connectivity index (χ0) is 28.4. The third-order valence-electron chi connectivity index (χ3n) is 6.93. The average molecular weight is 573 g/mol. The Labute approximate surface area is 227 Å². The monoisotopic (exact) mass is 572 g/mol. The minimum Gasteiger partial charge on any atom is -0.361 e. The number of para-hydroxylation sites is 1. The Morgan fingerprint density at radius 1 is 1.38 bits per heavy atom. The van der Waals surface area contributed by atoms with Crippen LogP contribution in [0, 0.1) is 6.92 Å². The number of rotatable bonds is 11. The summed E-state index contributed by atoms with van der Waals surface area (Å²) < 4.78 is 25.4. The van der Waals surface area contributed by atoms with Gasteiger partial charge in [0.1, 0.15) is 12.3 Å².